The SMILES string of the molecule is Cc1ncc(C(=O)N2CCC(F)(F)C2)c(C(F)(F)F)n1. The Morgan fingerprint density at radius 2 is 2.05 bits per heavy atom. The van der Waals surface area contributed by atoms with E-state index in [1.165, 1.54) is 6.92 Å². The number of rotatable bonds is 1. The van der Waals surface area contributed by atoms with Gasteiger partial charge in [-0.15, -0.1) is 0 Å². The van der Waals surface area contributed by atoms with E-state index in [9.17, 15) is 26.7 Å². The molecule has 20 heavy (non-hydrogen) atoms. The van der Waals surface area contributed by atoms with Crippen LogP contribution >= 0.6 is 0 Å². The van der Waals surface area contributed by atoms with Gasteiger partial charge in [0.15, 0.2) is 5.69 Å². The molecule has 2 heterocycles. The van der Waals surface area contributed by atoms with Gasteiger partial charge in [-0.2, -0.15) is 13.2 Å². The van der Waals surface area contributed by atoms with Crippen LogP contribution in [-0.2, 0) is 6.18 Å². The van der Waals surface area contributed by atoms with Crippen LogP contribution in [0.25, 0.3) is 0 Å². The Morgan fingerprint density at radius 1 is 1.40 bits per heavy atom. The molecule has 0 aromatic carbocycles. The number of hydrogen-bond acceptors (Lipinski definition) is 3. The Hall–Kier alpha value is -1.80. The Balaban J connectivity index is 2.36. The van der Waals surface area contributed by atoms with Gasteiger partial charge in [-0.25, -0.2) is 18.7 Å². The molecule has 2 rings (SSSR count). The lowest BCUT2D eigenvalue weighted by atomic mass is 10.2. The fourth-order valence-electron chi connectivity index (χ4n) is 1.92. The van der Waals surface area contributed by atoms with Crippen molar-refractivity contribution < 1.29 is 26.7 Å². The quantitative estimate of drug-likeness (QED) is 0.747. The van der Waals surface area contributed by atoms with Crippen molar-refractivity contribution in [2.75, 3.05) is 13.1 Å². The van der Waals surface area contributed by atoms with Crippen LogP contribution < -0.4 is 0 Å². The molecule has 0 spiro atoms. The first-order chi connectivity index (χ1) is 9.10. The molecule has 0 saturated carbocycles. The van der Waals surface area contributed by atoms with E-state index in [-0.39, 0.29) is 12.4 Å². The lowest BCUT2D eigenvalue weighted by Gasteiger charge is -2.18. The Kier molecular flexibility index (Phi) is 3.39. The number of amides is 1. The molecule has 1 aliphatic rings. The highest BCUT2D eigenvalue weighted by molar-refractivity contribution is 5.95. The van der Waals surface area contributed by atoms with Gasteiger partial charge in [0.05, 0.1) is 12.1 Å². The van der Waals surface area contributed by atoms with Crippen LogP contribution in [0.4, 0.5) is 22.0 Å². The van der Waals surface area contributed by atoms with Crippen molar-refractivity contribution in [2.24, 2.45) is 0 Å². The van der Waals surface area contributed by atoms with Crippen LogP contribution in [0.3, 0.4) is 0 Å². The average Bonchev–Trinajstić information content (AvgIpc) is 2.67. The number of aryl methyl sites for hydroxylation is 1. The van der Waals surface area contributed by atoms with Gasteiger partial charge < -0.3 is 4.90 Å². The maximum absolute atomic E-state index is 13.0. The minimum atomic E-state index is -4.85. The summed E-state index contributed by atoms with van der Waals surface area (Å²) in [6.07, 6.45) is -4.68. The molecule has 0 N–H and O–H groups in total. The number of carbonyl (C=O) groups excluding carboxylic acids is 1. The summed E-state index contributed by atoms with van der Waals surface area (Å²) in [7, 11) is 0. The third-order valence-electron chi connectivity index (χ3n) is 2.87. The predicted molar refractivity (Wildman–Crippen MR) is 57.2 cm³/mol. The molecule has 1 aromatic heterocycles. The van der Waals surface area contributed by atoms with E-state index < -0.39 is 42.2 Å². The van der Waals surface area contributed by atoms with Crippen molar-refractivity contribution in [3.8, 4) is 0 Å². The maximum Gasteiger partial charge on any atom is 0.434 e. The molecular weight excluding hydrogens is 285 g/mol. The standard InChI is InChI=1S/C11H10F5N3O/c1-6-17-4-7(8(18-6)11(14,15)16)9(20)19-3-2-10(12,13)5-19/h4H,2-3,5H2,1H3. The highest BCUT2D eigenvalue weighted by Gasteiger charge is 2.43. The zero-order valence-electron chi connectivity index (χ0n) is 10.3. The Bertz CT molecular complexity index is 543. The van der Waals surface area contributed by atoms with Gasteiger partial charge >= 0.3 is 6.18 Å². The first-order valence-electron chi connectivity index (χ1n) is 5.68. The van der Waals surface area contributed by atoms with E-state index in [4.69, 9.17) is 0 Å². The van der Waals surface area contributed by atoms with Gasteiger partial charge in [-0.3, -0.25) is 4.79 Å². The van der Waals surface area contributed by atoms with Gasteiger partial charge in [0.1, 0.15) is 5.82 Å². The number of carbonyl (C=O) groups is 1. The fraction of sp³-hybridized carbons (Fsp3) is 0.545. The minimum Gasteiger partial charge on any atom is -0.332 e. The number of halogens is 5. The summed E-state index contributed by atoms with van der Waals surface area (Å²) in [5.74, 6) is -4.35. The van der Waals surface area contributed by atoms with E-state index >= 15 is 0 Å². The lowest BCUT2D eigenvalue weighted by molar-refractivity contribution is -0.141. The van der Waals surface area contributed by atoms with Crippen LogP contribution in [0.5, 0.6) is 0 Å². The second kappa shape index (κ2) is 4.64. The summed E-state index contributed by atoms with van der Waals surface area (Å²) in [6.45, 7) is 0.0571. The summed E-state index contributed by atoms with van der Waals surface area (Å²) in [5.41, 5.74) is -2.20. The number of likely N-dealkylation sites (tertiary alicyclic amines) is 1. The molecule has 0 atom stereocenters. The molecule has 0 radical (unpaired) electrons. The van der Waals surface area contributed by atoms with Gasteiger partial charge in [-0.1, -0.05) is 0 Å². The zero-order valence-corrected chi connectivity index (χ0v) is 10.3. The Morgan fingerprint density at radius 3 is 2.55 bits per heavy atom. The number of hydrogen-bond donors (Lipinski definition) is 0. The molecule has 110 valence electrons. The molecule has 4 nitrogen and oxygen atoms in total. The van der Waals surface area contributed by atoms with Crippen molar-refractivity contribution in [3.05, 3.63) is 23.3 Å². The van der Waals surface area contributed by atoms with Crippen LogP contribution in [0, 0.1) is 6.92 Å². The zero-order chi connectivity index (χ0) is 15.1. The monoisotopic (exact) mass is 295 g/mol. The summed E-state index contributed by atoms with van der Waals surface area (Å²) < 4.78 is 64.5. The van der Waals surface area contributed by atoms with Crippen LogP contribution in [0.15, 0.2) is 6.20 Å². The highest BCUT2D eigenvalue weighted by Crippen LogP contribution is 2.33. The second-order valence-corrected chi connectivity index (χ2v) is 4.51. The van der Waals surface area contributed by atoms with Crippen LogP contribution in [0.1, 0.15) is 28.3 Å². The molecular formula is C11H10F5N3O. The predicted octanol–water partition coefficient (Wildman–Crippen LogP) is 2.29. The van der Waals surface area contributed by atoms with E-state index in [0.29, 0.717) is 4.90 Å². The highest BCUT2D eigenvalue weighted by atomic mass is 19.4. The minimum absolute atomic E-state index is 0.152. The van der Waals surface area contributed by atoms with Crippen LogP contribution in [-0.4, -0.2) is 39.8 Å². The third-order valence-corrected chi connectivity index (χ3v) is 2.87. The molecule has 0 aliphatic carbocycles. The van der Waals surface area contributed by atoms with Crippen molar-refractivity contribution >= 4 is 5.91 Å². The van der Waals surface area contributed by atoms with Gasteiger partial charge in [0.2, 0.25) is 0 Å². The molecule has 0 unspecified atom stereocenters. The molecule has 1 aromatic rings. The summed E-state index contributed by atoms with van der Waals surface area (Å²) in [6, 6.07) is 0. The molecule has 1 fully saturated rings. The summed E-state index contributed by atoms with van der Waals surface area (Å²) >= 11 is 0. The third kappa shape index (κ3) is 2.86. The van der Waals surface area contributed by atoms with Gasteiger partial charge in [-0.05, 0) is 6.92 Å². The molecule has 0 bridgehead atoms. The first kappa shape index (κ1) is 14.6. The fourth-order valence-corrected chi connectivity index (χ4v) is 1.92. The lowest BCUT2D eigenvalue weighted by Crippen LogP contribution is -2.33. The topological polar surface area (TPSA) is 46.1 Å². The first-order valence-corrected chi connectivity index (χ1v) is 5.68. The van der Waals surface area contributed by atoms with Crippen LogP contribution in [0.2, 0.25) is 0 Å². The summed E-state index contributed by atoms with van der Waals surface area (Å²) in [4.78, 5) is 19.3. The van der Waals surface area contributed by atoms with E-state index in [2.05, 4.69) is 9.97 Å². The molecule has 1 amide bonds. The van der Waals surface area contributed by atoms with E-state index in [1.807, 2.05) is 0 Å². The normalized spacial score (nSPS) is 18.4. The summed E-state index contributed by atoms with van der Waals surface area (Å²) in [5, 5.41) is 0. The molecule has 1 saturated heterocycles. The number of alkyl halides is 5. The number of nitrogens with zero attached hydrogens (tertiary/aromatic N) is 3. The van der Waals surface area contributed by atoms with E-state index in [1.54, 1.807) is 0 Å². The van der Waals surface area contributed by atoms with Crippen molar-refractivity contribution in [3.63, 3.8) is 0 Å². The maximum atomic E-state index is 13.0. The largest absolute Gasteiger partial charge is 0.434 e. The smallest absolute Gasteiger partial charge is 0.332 e. The average molecular weight is 295 g/mol. The van der Waals surface area contributed by atoms with Crippen molar-refractivity contribution in [2.45, 2.75) is 25.4 Å². The Labute approximate surface area is 110 Å². The van der Waals surface area contributed by atoms with E-state index in [0.717, 1.165) is 6.20 Å². The van der Waals surface area contributed by atoms with Crippen molar-refractivity contribution in [1.29, 1.82) is 0 Å². The molecule has 9 heteroatoms. The van der Waals surface area contributed by atoms with Crippen molar-refractivity contribution in [1.82, 2.24) is 14.9 Å². The molecule has 1 aliphatic heterocycles. The van der Waals surface area contributed by atoms with Gasteiger partial charge in [0, 0.05) is 19.2 Å². The number of aromatic nitrogens is 2. The van der Waals surface area contributed by atoms with Gasteiger partial charge in [0.25, 0.3) is 11.8 Å². The second-order valence-electron chi connectivity index (χ2n) is 4.51.